The summed E-state index contributed by atoms with van der Waals surface area (Å²) < 4.78 is 29.5. The first-order valence-corrected chi connectivity index (χ1v) is 16.6. The van der Waals surface area contributed by atoms with Gasteiger partial charge in [0.25, 0.3) is 0 Å². The maximum atomic E-state index is 12.7. The molecule has 0 aliphatic carbocycles. The van der Waals surface area contributed by atoms with Crippen molar-refractivity contribution in [2.75, 3.05) is 14.2 Å². The van der Waals surface area contributed by atoms with Crippen molar-refractivity contribution in [3.8, 4) is 0 Å². The lowest BCUT2D eigenvalue weighted by Gasteiger charge is -2.33. The summed E-state index contributed by atoms with van der Waals surface area (Å²) in [6, 6.07) is 18.5. The first-order chi connectivity index (χ1) is 24.2. The average Bonchev–Trinajstić information content (AvgIpc) is 3.12. The fraction of sp³-hybridized carbons (Fsp3) is 0.450. The van der Waals surface area contributed by atoms with Crippen LogP contribution >= 0.6 is 0 Å². The Morgan fingerprint density at radius 1 is 0.635 bits per heavy atom. The highest BCUT2D eigenvalue weighted by Gasteiger charge is 2.43. The van der Waals surface area contributed by atoms with E-state index in [1.165, 1.54) is 35.0 Å². The van der Waals surface area contributed by atoms with E-state index < -0.39 is 52.9 Å². The molecule has 0 aliphatic heterocycles. The molecule has 0 aromatic heterocycles. The molecule has 3 unspecified atom stereocenters. The van der Waals surface area contributed by atoms with Crippen LogP contribution in [0.3, 0.4) is 0 Å². The topological polar surface area (TPSA) is 158 Å². The predicted molar refractivity (Wildman–Crippen MR) is 194 cm³/mol. The van der Waals surface area contributed by atoms with Gasteiger partial charge in [-0.2, -0.15) is 0 Å². The Hall–Kier alpha value is -5.26. The van der Waals surface area contributed by atoms with E-state index in [0.29, 0.717) is 12.0 Å². The molecule has 0 radical (unpaired) electrons. The second-order valence-corrected chi connectivity index (χ2v) is 12.8. The van der Waals surface area contributed by atoms with Gasteiger partial charge in [-0.1, -0.05) is 80.7 Å². The van der Waals surface area contributed by atoms with Crippen molar-refractivity contribution in [2.45, 2.75) is 93.7 Å². The van der Waals surface area contributed by atoms with Gasteiger partial charge < -0.3 is 28.4 Å². The van der Waals surface area contributed by atoms with Gasteiger partial charge in [0.15, 0.2) is 12.2 Å². The Balaban J connectivity index is 0.000000889. The second kappa shape index (κ2) is 23.3. The van der Waals surface area contributed by atoms with Crippen molar-refractivity contribution in [1.29, 1.82) is 0 Å². The summed E-state index contributed by atoms with van der Waals surface area (Å²) in [7, 11) is 2.65. The monoisotopic (exact) mass is 726 g/mol. The summed E-state index contributed by atoms with van der Waals surface area (Å²) in [5.41, 5.74) is 0.633. The molecule has 0 bridgehead atoms. The number of esters is 6. The summed E-state index contributed by atoms with van der Waals surface area (Å²) in [5.74, 6) is -3.07. The number of methoxy groups -OCH3 is 2. The highest BCUT2D eigenvalue weighted by Crippen LogP contribution is 2.38. The Labute approximate surface area is 307 Å². The smallest absolute Gasteiger partial charge is 0.347 e. The van der Waals surface area contributed by atoms with Crippen molar-refractivity contribution in [3.05, 3.63) is 96.1 Å². The zero-order chi connectivity index (χ0) is 40.1. The third kappa shape index (κ3) is 17.6. The molecule has 0 spiro atoms. The van der Waals surface area contributed by atoms with Crippen LogP contribution in [0.1, 0.15) is 79.4 Å². The van der Waals surface area contributed by atoms with Gasteiger partial charge in [-0.15, -0.1) is 0 Å². The first kappa shape index (κ1) is 46.7. The number of rotatable bonds is 15. The molecule has 52 heavy (non-hydrogen) atoms. The maximum Gasteiger partial charge on any atom is 0.347 e. The molecule has 2 rings (SSSR count). The second-order valence-electron chi connectivity index (χ2n) is 12.8. The van der Waals surface area contributed by atoms with Crippen LogP contribution in [0, 0.1) is 10.8 Å². The lowest BCUT2D eigenvalue weighted by atomic mass is 9.72. The number of hydrogen-bond acceptors (Lipinski definition) is 12. The van der Waals surface area contributed by atoms with E-state index >= 15 is 0 Å². The maximum absolute atomic E-state index is 12.7. The Morgan fingerprint density at radius 3 is 1.37 bits per heavy atom. The SMILES string of the molecule is C=C(C)C(=O)OC.C=C(C)C(=O)OC(C)C(=O)OCc1ccccc1.CCC(C)(CC(C)(C)C(=O)OC)C(=O)OC(C)C(=O)OCc1ccccc1. The van der Waals surface area contributed by atoms with Gasteiger partial charge in [0.2, 0.25) is 0 Å². The van der Waals surface area contributed by atoms with Gasteiger partial charge in [0, 0.05) is 11.1 Å². The summed E-state index contributed by atoms with van der Waals surface area (Å²) in [5, 5.41) is 0. The number of carbonyl (C=O) groups excluding carboxylic acids is 6. The van der Waals surface area contributed by atoms with Gasteiger partial charge in [0.05, 0.1) is 25.0 Å². The molecular weight excluding hydrogens is 672 g/mol. The number of ether oxygens (including phenoxy) is 6. The molecule has 2 aromatic carbocycles. The van der Waals surface area contributed by atoms with E-state index in [9.17, 15) is 28.8 Å². The van der Waals surface area contributed by atoms with Crippen LogP contribution in [0.15, 0.2) is 85.0 Å². The van der Waals surface area contributed by atoms with Gasteiger partial charge in [-0.3, -0.25) is 9.59 Å². The van der Waals surface area contributed by atoms with Gasteiger partial charge in [-0.05, 0) is 72.4 Å². The van der Waals surface area contributed by atoms with Crippen molar-refractivity contribution in [1.82, 2.24) is 0 Å². The molecule has 0 amide bonds. The quantitative estimate of drug-likeness (QED) is 0.110. The Morgan fingerprint density at radius 2 is 1.04 bits per heavy atom. The average molecular weight is 727 g/mol. The Bertz CT molecular complexity index is 1500. The van der Waals surface area contributed by atoms with Crippen LogP contribution in [-0.4, -0.2) is 62.2 Å². The number of carbonyl (C=O) groups is 6. The molecule has 0 aliphatic rings. The molecular formula is C40H54O12. The van der Waals surface area contributed by atoms with Crippen molar-refractivity contribution < 1.29 is 57.2 Å². The molecule has 0 saturated carbocycles. The van der Waals surface area contributed by atoms with E-state index in [1.807, 2.05) is 67.6 Å². The van der Waals surface area contributed by atoms with Crippen LogP contribution < -0.4 is 0 Å². The van der Waals surface area contributed by atoms with Gasteiger partial charge in [-0.25, -0.2) is 19.2 Å². The minimum atomic E-state index is -1.03. The molecule has 0 heterocycles. The van der Waals surface area contributed by atoms with Crippen LogP contribution in [0.25, 0.3) is 0 Å². The van der Waals surface area contributed by atoms with Crippen LogP contribution in [0.5, 0.6) is 0 Å². The van der Waals surface area contributed by atoms with Crippen molar-refractivity contribution in [2.24, 2.45) is 10.8 Å². The fourth-order valence-corrected chi connectivity index (χ4v) is 4.19. The zero-order valence-electron chi connectivity index (χ0n) is 32.1. The highest BCUT2D eigenvalue weighted by molar-refractivity contribution is 5.89. The molecule has 0 fully saturated rings. The molecule has 0 saturated heterocycles. The van der Waals surface area contributed by atoms with Gasteiger partial charge in [0.1, 0.15) is 13.2 Å². The largest absolute Gasteiger partial charge is 0.469 e. The fourth-order valence-electron chi connectivity index (χ4n) is 4.19. The van der Waals surface area contributed by atoms with E-state index in [0.717, 1.165) is 11.1 Å². The number of benzene rings is 2. The molecule has 286 valence electrons. The number of hydrogen-bond donors (Lipinski definition) is 0. The van der Waals surface area contributed by atoms with Crippen LogP contribution in [0.2, 0.25) is 0 Å². The molecule has 2 aromatic rings. The van der Waals surface area contributed by atoms with Crippen LogP contribution in [-0.2, 0) is 70.4 Å². The molecule has 0 N–H and O–H groups in total. The first-order valence-electron chi connectivity index (χ1n) is 16.6. The highest BCUT2D eigenvalue weighted by atomic mass is 16.6. The zero-order valence-corrected chi connectivity index (χ0v) is 32.1. The van der Waals surface area contributed by atoms with E-state index in [-0.39, 0.29) is 31.2 Å². The van der Waals surface area contributed by atoms with E-state index in [4.69, 9.17) is 23.7 Å². The molecule has 3 atom stereocenters. The van der Waals surface area contributed by atoms with E-state index in [1.54, 1.807) is 27.7 Å². The lowest BCUT2D eigenvalue weighted by molar-refractivity contribution is -0.176. The van der Waals surface area contributed by atoms with Crippen molar-refractivity contribution >= 4 is 35.8 Å². The summed E-state index contributed by atoms with van der Waals surface area (Å²) in [6.45, 7) is 20.1. The minimum absolute atomic E-state index is 0.113. The molecule has 12 heteroatoms. The predicted octanol–water partition coefficient (Wildman–Crippen LogP) is 6.64. The normalized spacial score (nSPS) is 12.6. The lowest BCUT2D eigenvalue weighted by Crippen LogP contribution is -2.40. The molecule has 12 nitrogen and oxygen atoms in total. The third-order valence-corrected chi connectivity index (χ3v) is 7.40. The Kier molecular flexibility index (Phi) is 20.9. The van der Waals surface area contributed by atoms with Crippen LogP contribution in [0.4, 0.5) is 0 Å². The third-order valence-electron chi connectivity index (χ3n) is 7.40. The summed E-state index contributed by atoms with van der Waals surface area (Å²) in [4.78, 5) is 69.7. The van der Waals surface area contributed by atoms with Crippen molar-refractivity contribution in [3.63, 3.8) is 0 Å². The summed E-state index contributed by atoms with van der Waals surface area (Å²) in [6.07, 6.45) is -1.27. The summed E-state index contributed by atoms with van der Waals surface area (Å²) >= 11 is 0. The van der Waals surface area contributed by atoms with Gasteiger partial charge >= 0.3 is 35.8 Å². The standard InChI is InChI=1S/C21H30O6.C14H16O4.C5H8O2/c1-7-21(5,14-20(3,4)18(23)25-6)19(24)27-15(2)17(22)26-13-16-11-9-8-10-12-16;1-10(2)13(15)18-11(3)14(16)17-9-12-7-5-4-6-8-12;1-4(2)5(6)7-3/h8-12,15H,7,13-14H2,1-6H3;4-8,11H,1,9H2,2-3H3;1H2,2-3H3. The van der Waals surface area contributed by atoms with E-state index in [2.05, 4.69) is 17.9 Å². The minimum Gasteiger partial charge on any atom is -0.469 e.